The molecule has 29 heavy (non-hydrogen) atoms. The van der Waals surface area contributed by atoms with Gasteiger partial charge in [-0.25, -0.2) is 0 Å². The van der Waals surface area contributed by atoms with Crippen molar-refractivity contribution in [3.8, 4) is 5.75 Å². The van der Waals surface area contributed by atoms with Gasteiger partial charge in [-0.2, -0.15) is 0 Å². The molecular weight excluding hydrogens is 360 g/mol. The summed E-state index contributed by atoms with van der Waals surface area (Å²) in [5, 5.41) is 3.33. The molecule has 2 aromatic carbocycles. The Morgan fingerprint density at radius 3 is 2.72 bits per heavy atom. The molecule has 2 heterocycles. The van der Waals surface area contributed by atoms with Crippen molar-refractivity contribution in [2.45, 2.75) is 51.1 Å². The second-order valence-electron chi connectivity index (χ2n) is 8.43. The largest absolute Gasteiger partial charge is 0.493 e. The van der Waals surface area contributed by atoms with Gasteiger partial charge in [-0.05, 0) is 30.2 Å². The number of amides is 1. The zero-order valence-electron chi connectivity index (χ0n) is 17.6. The highest BCUT2D eigenvalue weighted by Gasteiger charge is 2.57. The maximum Gasteiger partial charge on any atom is 0.223 e. The lowest BCUT2D eigenvalue weighted by atomic mass is 9.74. The predicted molar refractivity (Wildman–Crippen MR) is 118 cm³/mol. The van der Waals surface area contributed by atoms with E-state index in [0.29, 0.717) is 19.6 Å². The van der Waals surface area contributed by atoms with Crippen molar-refractivity contribution in [1.29, 1.82) is 0 Å². The van der Waals surface area contributed by atoms with Crippen molar-refractivity contribution in [3.63, 3.8) is 0 Å². The summed E-state index contributed by atoms with van der Waals surface area (Å²) in [6.45, 7) is 8.02. The van der Waals surface area contributed by atoms with Crippen molar-refractivity contribution >= 4 is 17.7 Å². The van der Waals surface area contributed by atoms with Gasteiger partial charge in [0, 0.05) is 29.6 Å². The molecule has 0 saturated carbocycles. The molecule has 152 valence electrons. The topological polar surface area (TPSA) is 41.6 Å². The first kappa shape index (κ1) is 19.6. The molecular formula is C25H30N2O2. The number of benzene rings is 2. The zero-order chi connectivity index (χ0) is 20.5. The Labute approximate surface area is 173 Å². The summed E-state index contributed by atoms with van der Waals surface area (Å²) in [4.78, 5) is 14.9. The maximum atomic E-state index is 12.5. The van der Waals surface area contributed by atoms with E-state index in [1.807, 2.05) is 18.2 Å². The number of nitrogens with one attached hydrogen (secondary N) is 1. The average Bonchev–Trinajstić information content (AvgIpc) is 2.91. The minimum absolute atomic E-state index is 0.0965. The number of para-hydroxylation sites is 2. The molecule has 1 amide bonds. The molecule has 4 heteroatoms. The highest BCUT2D eigenvalue weighted by Crippen LogP contribution is 2.52. The predicted octanol–water partition coefficient (Wildman–Crippen LogP) is 4.89. The molecule has 2 aliphatic rings. The van der Waals surface area contributed by atoms with Crippen molar-refractivity contribution in [3.05, 3.63) is 65.7 Å². The fraction of sp³-hybridized carbons (Fsp3) is 0.400. The Bertz CT molecular complexity index is 934. The van der Waals surface area contributed by atoms with Crippen LogP contribution in [0.5, 0.6) is 5.75 Å². The van der Waals surface area contributed by atoms with E-state index >= 15 is 0 Å². The molecule has 1 fully saturated rings. The first-order valence-electron chi connectivity index (χ1n) is 10.6. The van der Waals surface area contributed by atoms with Gasteiger partial charge in [0.15, 0.2) is 0 Å². The molecule has 0 bridgehead atoms. The van der Waals surface area contributed by atoms with Gasteiger partial charge in [0.05, 0.1) is 6.61 Å². The summed E-state index contributed by atoms with van der Waals surface area (Å²) in [6.07, 6.45) is 6.92. The van der Waals surface area contributed by atoms with Gasteiger partial charge in [-0.1, -0.05) is 69.7 Å². The van der Waals surface area contributed by atoms with E-state index in [0.717, 1.165) is 24.2 Å². The van der Waals surface area contributed by atoms with Crippen LogP contribution in [0.25, 0.3) is 6.08 Å². The fourth-order valence-corrected chi connectivity index (χ4v) is 4.61. The number of anilines is 1. The van der Waals surface area contributed by atoms with Gasteiger partial charge < -0.3 is 15.0 Å². The van der Waals surface area contributed by atoms with Crippen molar-refractivity contribution in [2.75, 3.05) is 18.1 Å². The Morgan fingerprint density at radius 2 is 1.90 bits per heavy atom. The van der Waals surface area contributed by atoms with Crippen LogP contribution in [0, 0.1) is 0 Å². The van der Waals surface area contributed by atoms with Gasteiger partial charge in [0.25, 0.3) is 0 Å². The summed E-state index contributed by atoms with van der Waals surface area (Å²) in [5.74, 6) is 0.981. The standard InChI is InChI=1S/C25H30N2O2/c1-4-5-18-29-22-13-9-6-10-19(22)14-16-25-24(2,3)20-11-7-8-12-21(20)27(25)17-15-23(28)26-25/h6-14,16H,4-5,15,17-18H2,1-3H3,(H,26,28)/b16-14+/t25-/m1/s1. The first-order chi connectivity index (χ1) is 14.0. The van der Waals surface area contributed by atoms with E-state index in [1.165, 1.54) is 11.3 Å². The molecule has 0 aliphatic carbocycles. The lowest BCUT2D eigenvalue weighted by molar-refractivity contribution is -0.124. The Morgan fingerprint density at radius 1 is 1.14 bits per heavy atom. The number of fused-ring (bicyclic) bond motifs is 3. The highest BCUT2D eigenvalue weighted by molar-refractivity contribution is 5.84. The molecule has 2 aromatic rings. The average molecular weight is 391 g/mol. The van der Waals surface area contributed by atoms with Crippen LogP contribution in [0.4, 0.5) is 5.69 Å². The smallest absolute Gasteiger partial charge is 0.223 e. The second-order valence-corrected chi connectivity index (χ2v) is 8.43. The minimum atomic E-state index is -0.595. The molecule has 4 nitrogen and oxygen atoms in total. The van der Waals surface area contributed by atoms with Crippen LogP contribution in [0.15, 0.2) is 54.6 Å². The second kappa shape index (κ2) is 7.58. The third-order valence-electron chi connectivity index (χ3n) is 6.32. The number of carbonyl (C=O) groups excluding carboxylic acids is 1. The molecule has 4 rings (SSSR count). The normalized spacial score (nSPS) is 22.3. The van der Waals surface area contributed by atoms with E-state index in [1.54, 1.807) is 0 Å². The molecule has 1 atom stereocenters. The highest BCUT2D eigenvalue weighted by atomic mass is 16.5. The Balaban J connectivity index is 1.74. The summed E-state index contributed by atoms with van der Waals surface area (Å²) in [5.41, 5.74) is 2.63. The number of ether oxygens (including phenoxy) is 1. The monoisotopic (exact) mass is 390 g/mol. The SMILES string of the molecule is CCCCOc1ccccc1/C=C/[C@@]12NC(=O)CCN1c1ccccc1C2(C)C. The van der Waals surface area contributed by atoms with Crippen LogP contribution in [-0.2, 0) is 10.2 Å². The zero-order valence-corrected chi connectivity index (χ0v) is 17.6. The van der Waals surface area contributed by atoms with Gasteiger partial charge in [0.2, 0.25) is 5.91 Å². The van der Waals surface area contributed by atoms with Crippen LogP contribution < -0.4 is 15.0 Å². The van der Waals surface area contributed by atoms with Crippen LogP contribution in [-0.4, -0.2) is 24.7 Å². The first-order valence-corrected chi connectivity index (χ1v) is 10.6. The molecule has 0 unspecified atom stereocenters. The number of hydrogen-bond donors (Lipinski definition) is 1. The third-order valence-corrected chi connectivity index (χ3v) is 6.32. The van der Waals surface area contributed by atoms with Crippen LogP contribution >= 0.6 is 0 Å². The van der Waals surface area contributed by atoms with Gasteiger partial charge >= 0.3 is 0 Å². The summed E-state index contributed by atoms with van der Waals surface area (Å²) in [7, 11) is 0. The van der Waals surface area contributed by atoms with Gasteiger partial charge in [-0.15, -0.1) is 0 Å². The Hall–Kier alpha value is -2.75. The maximum absolute atomic E-state index is 12.5. The molecule has 0 aromatic heterocycles. The number of nitrogens with zero attached hydrogens (tertiary/aromatic N) is 1. The van der Waals surface area contributed by atoms with E-state index in [-0.39, 0.29) is 11.3 Å². The van der Waals surface area contributed by atoms with E-state index < -0.39 is 5.66 Å². The Kier molecular flexibility index (Phi) is 5.12. The summed E-state index contributed by atoms with van der Waals surface area (Å²) in [6, 6.07) is 16.6. The van der Waals surface area contributed by atoms with E-state index in [4.69, 9.17) is 4.74 Å². The molecule has 2 aliphatic heterocycles. The fourth-order valence-electron chi connectivity index (χ4n) is 4.61. The lowest BCUT2D eigenvalue weighted by Crippen LogP contribution is -2.68. The van der Waals surface area contributed by atoms with Crippen LogP contribution in [0.2, 0.25) is 0 Å². The van der Waals surface area contributed by atoms with Crippen LogP contribution in [0.3, 0.4) is 0 Å². The van der Waals surface area contributed by atoms with Gasteiger partial charge in [0.1, 0.15) is 11.4 Å². The number of carbonyl (C=O) groups is 1. The summed E-state index contributed by atoms with van der Waals surface area (Å²) < 4.78 is 6.01. The van der Waals surface area contributed by atoms with Crippen LogP contribution in [0.1, 0.15) is 51.2 Å². The third kappa shape index (κ3) is 3.21. The molecule has 1 saturated heterocycles. The van der Waals surface area contributed by atoms with Crippen molar-refractivity contribution in [1.82, 2.24) is 5.32 Å². The van der Waals surface area contributed by atoms with Crippen molar-refractivity contribution < 1.29 is 9.53 Å². The number of rotatable bonds is 6. The molecule has 1 N–H and O–H groups in total. The van der Waals surface area contributed by atoms with Gasteiger partial charge in [-0.3, -0.25) is 4.79 Å². The van der Waals surface area contributed by atoms with E-state index in [9.17, 15) is 4.79 Å². The summed E-state index contributed by atoms with van der Waals surface area (Å²) >= 11 is 0. The van der Waals surface area contributed by atoms with Crippen molar-refractivity contribution in [2.24, 2.45) is 0 Å². The number of unbranched alkanes of at least 4 members (excludes halogenated alkanes) is 1. The molecule has 0 radical (unpaired) electrons. The van der Waals surface area contributed by atoms with E-state index in [2.05, 4.69) is 73.5 Å². The lowest BCUT2D eigenvalue weighted by Gasteiger charge is -2.49. The quantitative estimate of drug-likeness (QED) is 0.714. The minimum Gasteiger partial charge on any atom is -0.493 e. The number of hydrogen-bond acceptors (Lipinski definition) is 3. The molecule has 0 spiro atoms.